The maximum atomic E-state index is 12.5. The van der Waals surface area contributed by atoms with Crippen molar-refractivity contribution in [3.63, 3.8) is 0 Å². The van der Waals surface area contributed by atoms with Crippen molar-refractivity contribution in [2.75, 3.05) is 13.1 Å². The van der Waals surface area contributed by atoms with Gasteiger partial charge in [-0.05, 0) is 25.0 Å². The van der Waals surface area contributed by atoms with Crippen molar-refractivity contribution < 1.29 is 4.79 Å². The van der Waals surface area contributed by atoms with Crippen molar-refractivity contribution in [3.05, 3.63) is 29.6 Å². The predicted molar refractivity (Wildman–Crippen MR) is 70.8 cm³/mol. The summed E-state index contributed by atoms with van der Waals surface area (Å²) in [6, 6.07) is 3.97. The highest BCUT2D eigenvalue weighted by atomic mass is 16.2. The van der Waals surface area contributed by atoms with Gasteiger partial charge in [0.15, 0.2) is 0 Å². The van der Waals surface area contributed by atoms with Crippen LogP contribution in [-0.2, 0) is 17.8 Å². The summed E-state index contributed by atoms with van der Waals surface area (Å²) in [7, 11) is 0. The number of hydrogen-bond acceptors (Lipinski definition) is 3. The monoisotopic (exact) mass is 247 g/mol. The highest BCUT2D eigenvalue weighted by Crippen LogP contribution is 2.26. The van der Waals surface area contributed by atoms with E-state index in [9.17, 15) is 4.79 Å². The zero-order chi connectivity index (χ0) is 13.2. The molecule has 1 amide bonds. The minimum Gasteiger partial charge on any atom is -0.337 e. The number of nitrogens with two attached hydrogens (primary N) is 1. The third kappa shape index (κ3) is 2.25. The Morgan fingerprint density at radius 1 is 1.61 bits per heavy atom. The van der Waals surface area contributed by atoms with E-state index in [1.807, 2.05) is 37.1 Å². The Labute approximate surface area is 108 Å². The maximum absolute atomic E-state index is 12.5. The SMILES string of the molecule is CCC(C)(CN)C(=O)N1CCc2ncccc2C1. The molecule has 4 heteroatoms. The van der Waals surface area contributed by atoms with Crippen molar-refractivity contribution in [2.24, 2.45) is 11.1 Å². The van der Waals surface area contributed by atoms with Crippen molar-refractivity contribution in [1.82, 2.24) is 9.88 Å². The van der Waals surface area contributed by atoms with Crippen molar-refractivity contribution in [3.8, 4) is 0 Å². The van der Waals surface area contributed by atoms with Crippen LogP contribution in [-0.4, -0.2) is 28.9 Å². The molecule has 98 valence electrons. The molecule has 0 saturated carbocycles. The van der Waals surface area contributed by atoms with Crippen molar-refractivity contribution in [1.29, 1.82) is 0 Å². The van der Waals surface area contributed by atoms with E-state index < -0.39 is 5.41 Å². The Kier molecular flexibility index (Phi) is 3.66. The van der Waals surface area contributed by atoms with Gasteiger partial charge in [-0.15, -0.1) is 0 Å². The summed E-state index contributed by atoms with van der Waals surface area (Å²) in [4.78, 5) is 18.8. The molecule has 0 saturated heterocycles. The number of aromatic nitrogens is 1. The molecular formula is C14H21N3O. The predicted octanol–water partition coefficient (Wildman–Crippen LogP) is 1.34. The number of carbonyl (C=O) groups excluding carboxylic acids is 1. The van der Waals surface area contributed by atoms with Gasteiger partial charge in [0.1, 0.15) is 0 Å². The molecule has 1 aliphatic heterocycles. The lowest BCUT2D eigenvalue weighted by Gasteiger charge is -2.35. The third-order valence-electron chi connectivity index (χ3n) is 4.00. The lowest BCUT2D eigenvalue weighted by atomic mass is 9.85. The normalized spacial score (nSPS) is 18.1. The van der Waals surface area contributed by atoms with Gasteiger partial charge in [-0.25, -0.2) is 0 Å². The first-order valence-electron chi connectivity index (χ1n) is 6.53. The standard InChI is InChI=1S/C14H21N3O/c1-3-14(2,10-15)13(18)17-8-6-12-11(9-17)5-4-7-16-12/h4-5,7H,3,6,8-10,15H2,1-2H3. The van der Waals surface area contributed by atoms with Crippen molar-refractivity contribution >= 4 is 5.91 Å². The summed E-state index contributed by atoms with van der Waals surface area (Å²) in [5.74, 6) is 0.169. The number of nitrogens with zero attached hydrogens (tertiary/aromatic N) is 2. The zero-order valence-corrected chi connectivity index (χ0v) is 11.1. The molecule has 0 radical (unpaired) electrons. The molecule has 2 rings (SSSR count). The quantitative estimate of drug-likeness (QED) is 0.877. The molecule has 1 aliphatic rings. The van der Waals surface area contributed by atoms with Crippen LogP contribution >= 0.6 is 0 Å². The van der Waals surface area contributed by atoms with Gasteiger partial charge in [0, 0.05) is 37.9 Å². The Bertz CT molecular complexity index is 440. The van der Waals surface area contributed by atoms with Crippen LogP contribution in [0, 0.1) is 5.41 Å². The molecule has 1 atom stereocenters. The van der Waals surface area contributed by atoms with Crippen LogP contribution in [0.5, 0.6) is 0 Å². The largest absolute Gasteiger partial charge is 0.337 e. The van der Waals surface area contributed by atoms with Crippen LogP contribution in [0.15, 0.2) is 18.3 Å². The number of rotatable bonds is 3. The Morgan fingerprint density at radius 3 is 3.06 bits per heavy atom. The lowest BCUT2D eigenvalue weighted by Crippen LogP contribution is -2.47. The number of amides is 1. The second kappa shape index (κ2) is 5.06. The van der Waals surface area contributed by atoms with E-state index in [1.54, 1.807) is 0 Å². The average molecular weight is 247 g/mol. The molecule has 0 spiro atoms. The molecule has 1 aromatic heterocycles. The summed E-state index contributed by atoms with van der Waals surface area (Å²) in [6.07, 6.45) is 3.43. The molecule has 1 aromatic rings. The number of pyridine rings is 1. The van der Waals surface area contributed by atoms with E-state index >= 15 is 0 Å². The molecule has 1 unspecified atom stereocenters. The molecule has 0 aromatic carbocycles. The third-order valence-corrected chi connectivity index (χ3v) is 4.00. The molecule has 0 aliphatic carbocycles. The van der Waals surface area contributed by atoms with Crippen LogP contribution in [0.3, 0.4) is 0 Å². The van der Waals surface area contributed by atoms with E-state index in [2.05, 4.69) is 4.98 Å². The first-order valence-corrected chi connectivity index (χ1v) is 6.53. The zero-order valence-electron chi connectivity index (χ0n) is 11.1. The summed E-state index contributed by atoms with van der Waals surface area (Å²) < 4.78 is 0. The van der Waals surface area contributed by atoms with E-state index in [0.29, 0.717) is 13.1 Å². The summed E-state index contributed by atoms with van der Waals surface area (Å²) in [5, 5.41) is 0. The van der Waals surface area contributed by atoms with Gasteiger partial charge >= 0.3 is 0 Å². The van der Waals surface area contributed by atoms with Gasteiger partial charge in [0.05, 0.1) is 5.41 Å². The van der Waals surface area contributed by atoms with Crippen LogP contribution in [0.4, 0.5) is 0 Å². The highest BCUT2D eigenvalue weighted by molar-refractivity contribution is 5.82. The van der Waals surface area contributed by atoms with Gasteiger partial charge in [-0.3, -0.25) is 9.78 Å². The maximum Gasteiger partial charge on any atom is 0.230 e. The van der Waals surface area contributed by atoms with E-state index in [-0.39, 0.29) is 5.91 Å². The van der Waals surface area contributed by atoms with Gasteiger partial charge in [-0.1, -0.05) is 13.0 Å². The first kappa shape index (κ1) is 13.0. The topological polar surface area (TPSA) is 59.2 Å². The Morgan fingerprint density at radius 2 is 2.39 bits per heavy atom. The smallest absolute Gasteiger partial charge is 0.230 e. The summed E-state index contributed by atoms with van der Waals surface area (Å²) >= 11 is 0. The van der Waals surface area contributed by atoms with Crippen LogP contribution in [0.1, 0.15) is 31.5 Å². The summed E-state index contributed by atoms with van der Waals surface area (Å²) in [5.41, 5.74) is 7.61. The minimum atomic E-state index is -0.431. The molecule has 0 fully saturated rings. The minimum absolute atomic E-state index is 0.169. The summed E-state index contributed by atoms with van der Waals surface area (Å²) in [6.45, 7) is 5.78. The number of fused-ring (bicyclic) bond motifs is 1. The second-order valence-electron chi connectivity index (χ2n) is 5.20. The van der Waals surface area contributed by atoms with Gasteiger partial charge in [-0.2, -0.15) is 0 Å². The molecule has 0 bridgehead atoms. The lowest BCUT2D eigenvalue weighted by molar-refractivity contribution is -0.142. The Balaban J connectivity index is 2.16. The van der Waals surface area contributed by atoms with Gasteiger partial charge < -0.3 is 10.6 Å². The Hall–Kier alpha value is -1.42. The number of carbonyl (C=O) groups is 1. The molecule has 2 heterocycles. The van der Waals surface area contributed by atoms with Gasteiger partial charge in [0.2, 0.25) is 5.91 Å². The van der Waals surface area contributed by atoms with E-state index in [4.69, 9.17) is 5.73 Å². The fourth-order valence-electron chi connectivity index (χ4n) is 2.30. The van der Waals surface area contributed by atoms with E-state index in [1.165, 1.54) is 0 Å². The van der Waals surface area contributed by atoms with Crippen molar-refractivity contribution in [2.45, 2.75) is 33.2 Å². The fraction of sp³-hybridized carbons (Fsp3) is 0.571. The molecular weight excluding hydrogens is 226 g/mol. The van der Waals surface area contributed by atoms with Crippen LogP contribution < -0.4 is 5.73 Å². The molecule has 2 N–H and O–H groups in total. The van der Waals surface area contributed by atoms with Crippen LogP contribution in [0.2, 0.25) is 0 Å². The number of hydrogen-bond donors (Lipinski definition) is 1. The highest BCUT2D eigenvalue weighted by Gasteiger charge is 2.35. The van der Waals surface area contributed by atoms with Crippen LogP contribution in [0.25, 0.3) is 0 Å². The van der Waals surface area contributed by atoms with E-state index in [0.717, 1.165) is 30.6 Å². The fourth-order valence-corrected chi connectivity index (χ4v) is 2.30. The first-order chi connectivity index (χ1) is 8.60. The van der Waals surface area contributed by atoms with Gasteiger partial charge in [0.25, 0.3) is 0 Å². The second-order valence-corrected chi connectivity index (χ2v) is 5.20. The molecule has 4 nitrogen and oxygen atoms in total. The average Bonchev–Trinajstić information content (AvgIpc) is 2.45. The molecule has 18 heavy (non-hydrogen) atoms.